The van der Waals surface area contributed by atoms with Gasteiger partial charge < -0.3 is 9.84 Å². The van der Waals surface area contributed by atoms with E-state index in [1.807, 2.05) is 0 Å². The van der Waals surface area contributed by atoms with E-state index in [9.17, 15) is 4.79 Å². The molecule has 0 amide bonds. The average Bonchev–Trinajstić information content (AvgIpc) is 2.18. The molecule has 16 heavy (non-hydrogen) atoms. The maximum Gasteiger partial charge on any atom is 0.303 e. The molecule has 98 valence electrons. The number of halogens is 2. The fourth-order valence-electron chi connectivity index (χ4n) is 1.61. The van der Waals surface area contributed by atoms with Crippen LogP contribution < -0.4 is 0 Å². The summed E-state index contributed by atoms with van der Waals surface area (Å²) in [4.78, 5) is 12.6. The average molecular weight is 274 g/mol. The van der Waals surface area contributed by atoms with Crippen molar-refractivity contribution >= 4 is 30.8 Å². The van der Waals surface area contributed by atoms with E-state index in [4.69, 9.17) is 9.84 Å². The van der Waals surface area contributed by atoms with Crippen LogP contribution in [0.2, 0.25) is 0 Å². The van der Waals surface area contributed by atoms with Gasteiger partial charge in [-0.3, -0.25) is 9.69 Å². The monoisotopic (exact) mass is 273 g/mol. The molecular formula is C10H21Cl2NO3. The van der Waals surface area contributed by atoms with Crippen molar-refractivity contribution in [1.82, 2.24) is 4.90 Å². The maximum absolute atomic E-state index is 10.2. The standard InChI is InChI=1S/C10H19NO3.2ClH/c12-10(13)4-2-1-3-5-11-6-8-14-9-7-11;;/h1-9H2,(H,12,13);2*1H. The molecule has 0 aromatic rings. The third-order valence-corrected chi connectivity index (χ3v) is 2.47. The molecule has 0 unspecified atom stereocenters. The van der Waals surface area contributed by atoms with E-state index in [0.29, 0.717) is 6.42 Å². The third kappa shape index (κ3) is 9.21. The molecule has 1 aliphatic heterocycles. The Balaban J connectivity index is 0. The molecule has 0 aromatic heterocycles. The van der Waals surface area contributed by atoms with E-state index in [-0.39, 0.29) is 24.8 Å². The molecule has 1 saturated heterocycles. The summed E-state index contributed by atoms with van der Waals surface area (Å²) >= 11 is 0. The van der Waals surface area contributed by atoms with Crippen LogP contribution in [0.3, 0.4) is 0 Å². The Kier molecular flexibility index (Phi) is 13.1. The highest BCUT2D eigenvalue weighted by Gasteiger charge is 2.08. The predicted octanol–water partition coefficient (Wildman–Crippen LogP) is 1.81. The summed E-state index contributed by atoms with van der Waals surface area (Å²) < 4.78 is 5.24. The van der Waals surface area contributed by atoms with E-state index in [1.165, 1.54) is 0 Å². The number of unbranched alkanes of at least 4 members (excludes halogenated alkanes) is 2. The summed E-state index contributed by atoms with van der Waals surface area (Å²) in [6, 6.07) is 0. The molecule has 4 nitrogen and oxygen atoms in total. The Labute approximate surface area is 109 Å². The number of carboxylic acids is 1. The largest absolute Gasteiger partial charge is 0.481 e. The van der Waals surface area contributed by atoms with Gasteiger partial charge in [-0.15, -0.1) is 24.8 Å². The lowest BCUT2D eigenvalue weighted by Gasteiger charge is -2.26. The topological polar surface area (TPSA) is 49.8 Å². The number of morpholine rings is 1. The van der Waals surface area contributed by atoms with E-state index in [0.717, 1.165) is 52.1 Å². The van der Waals surface area contributed by atoms with Gasteiger partial charge in [0.15, 0.2) is 0 Å². The Hall–Kier alpha value is -0.0300. The van der Waals surface area contributed by atoms with Crippen molar-refractivity contribution in [3.63, 3.8) is 0 Å². The number of rotatable bonds is 6. The first kappa shape index (κ1) is 18.3. The summed E-state index contributed by atoms with van der Waals surface area (Å²) in [5.41, 5.74) is 0. The van der Waals surface area contributed by atoms with Crippen molar-refractivity contribution in [3.8, 4) is 0 Å². The van der Waals surface area contributed by atoms with Crippen LogP contribution >= 0.6 is 24.8 Å². The van der Waals surface area contributed by atoms with Crippen molar-refractivity contribution in [3.05, 3.63) is 0 Å². The Morgan fingerprint density at radius 3 is 2.31 bits per heavy atom. The number of hydrogen-bond acceptors (Lipinski definition) is 3. The zero-order chi connectivity index (χ0) is 10.2. The molecule has 1 aliphatic rings. The van der Waals surface area contributed by atoms with Crippen LogP contribution in [0.25, 0.3) is 0 Å². The van der Waals surface area contributed by atoms with Gasteiger partial charge in [0.05, 0.1) is 13.2 Å². The maximum atomic E-state index is 10.2. The van der Waals surface area contributed by atoms with E-state index < -0.39 is 5.97 Å². The van der Waals surface area contributed by atoms with Crippen LogP contribution in [0.5, 0.6) is 0 Å². The van der Waals surface area contributed by atoms with E-state index >= 15 is 0 Å². The summed E-state index contributed by atoms with van der Waals surface area (Å²) in [6.07, 6.45) is 3.24. The molecule has 0 saturated carbocycles. The van der Waals surface area contributed by atoms with Crippen molar-refractivity contribution in [2.24, 2.45) is 0 Å². The van der Waals surface area contributed by atoms with Crippen molar-refractivity contribution in [1.29, 1.82) is 0 Å². The van der Waals surface area contributed by atoms with E-state index in [2.05, 4.69) is 4.90 Å². The Bertz CT molecular complexity index is 175. The number of nitrogens with zero attached hydrogens (tertiary/aromatic N) is 1. The zero-order valence-electron chi connectivity index (χ0n) is 9.39. The smallest absolute Gasteiger partial charge is 0.303 e. The van der Waals surface area contributed by atoms with Gasteiger partial charge in [0.25, 0.3) is 0 Å². The quantitative estimate of drug-likeness (QED) is 0.750. The van der Waals surface area contributed by atoms with Gasteiger partial charge in [0.2, 0.25) is 0 Å². The Morgan fingerprint density at radius 1 is 1.12 bits per heavy atom. The van der Waals surface area contributed by atoms with Gasteiger partial charge in [-0.25, -0.2) is 0 Å². The molecule has 1 fully saturated rings. The lowest BCUT2D eigenvalue weighted by Crippen LogP contribution is -2.36. The summed E-state index contributed by atoms with van der Waals surface area (Å²) in [5, 5.41) is 8.43. The summed E-state index contributed by atoms with van der Waals surface area (Å²) in [7, 11) is 0. The number of carboxylic acid groups (broad SMARTS) is 1. The van der Waals surface area contributed by atoms with Gasteiger partial charge in [-0.05, 0) is 19.4 Å². The first-order chi connectivity index (χ1) is 6.79. The first-order valence-corrected chi connectivity index (χ1v) is 5.31. The molecule has 0 aromatic carbocycles. The van der Waals surface area contributed by atoms with Crippen LogP contribution in [-0.4, -0.2) is 48.8 Å². The summed E-state index contributed by atoms with van der Waals surface area (Å²) in [6.45, 7) is 4.82. The highest BCUT2D eigenvalue weighted by molar-refractivity contribution is 5.85. The third-order valence-electron chi connectivity index (χ3n) is 2.47. The highest BCUT2D eigenvalue weighted by Crippen LogP contribution is 2.03. The lowest BCUT2D eigenvalue weighted by molar-refractivity contribution is -0.137. The molecule has 0 atom stereocenters. The van der Waals surface area contributed by atoms with Crippen LogP contribution in [0.4, 0.5) is 0 Å². The van der Waals surface area contributed by atoms with Gasteiger partial charge in [0.1, 0.15) is 0 Å². The van der Waals surface area contributed by atoms with Gasteiger partial charge in [-0.2, -0.15) is 0 Å². The van der Waals surface area contributed by atoms with Crippen LogP contribution in [0.15, 0.2) is 0 Å². The second-order valence-electron chi connectivity index (χ2n) is 3.66. The number of aliphatic carboxylic acids is 1. The minimum atomic E-state index is -0.684. The van der Waals surface area contributed by atoms with Crippen molar-refractivity contribution in [2.45, 2.75) is 25.7 Å². The molecular weight excluding hydrogens is 253 g/mol. The molecule has 1 rings (SSSR count). The van der Waals surface area contributed by atoms with Gasteiger partial charge in [0, 0.05) is 19.5 Å². The van der Waals surface area contributed by atoms with Crippen molar-refractivity contribution in [2.75, 3.05) is 32.8 Å². The van der Waals surface area contributed by atoms with Crippen molar-refractivity contribution < 1.29 is 14.6 Å². The van der Waals surface area contributed by atoms with Crippen LogP contribution in [0, 0.1) is 0 Å². The van der Waals surface area contributed by atoms with E-state index in [1.54, 1.807) is 0 Å². The number of ether oxygens (including phenoxy) is 1. The molecule has 0 radical (unpaired) electrons. The molecule has 1 heterocycles. The number of hydrogen-bond donors (Lipinski definition) is 1. The highest BCUT2D eigenvalue weighted by atomic mass is 35.5. The Morgan fingerprint density at radius 2 is 1.75 bits per heavy atom. The lowest BCUT2D eigenvalue weighted by atomic mass is 10.2. The molecule has 0 bridgehead atoms. The predicted molar refractivity (Wildman–Crippen MR) is 67.9 cm³/mol. The fourth-order valence-corrected chi connectivity index (χ4v) is 1.61. The molecule has 0 aliphatic carbocycles. The molecule has 0 spiro atoms. The second kappa shape index (κ2) is 11.5. The molecule has 1 N–H and O–H groups in total. The SMILES string of the molecule is Cl.Cl.O=C(O)CCCCCN1CCOCC1. The summed E-state index contributed by atoms with van der Waals surface area (Å²) in [5.74, 6) is -0.684. The molecule has 6 heteroatoms. The van der Waals surface area contributed by atoms with Gasteiger partial charge in [-0.1, -0.05) is 6.42 Å². The first-order valence-electron chi connectivity index (χ1n) is 5.31. The minimum absolute atomic E-state index is 0. The van der Waals surface area contributed by atoms with Gasteiger partial charge >= 0.3 is 5.97 Å². The number of carbonyl (C=O) groups is 1. The van der Waals surface area contributed by atoms with Crippen LogP contribution in [0.1, 0.15) is 25.7 Å². The normalized spacial score (nSPS) is 16.0. The fraction of sp³-hybridized carbons (Fsp3) is 0.900. The second-order valence-corrected chi connectivity index (χ2v) is 3.66. The van der Waals surface area contributed by atoms with Crippen LogP contribution in [-0.2, 0) is 9.53 Å². The zero-order valence-corrected chi connectivity index (χ0v) is 11.0. The minimum Gasteiger partial charge on any atom is -0.481 e.